The van der Waals surface area contributed by atoms with Gasteiger partial charge in [0.25, 0.3) is 0 Å². The first-order valence-electron chi connectivity index (χ1n) is 8.55. The first-order chi connectivity index (χ1) is 13.7. The van der Waals surface area contributed by atoms with Gasteiger partial charge in [-0.05, 0) is 36.4 Å². The highest BCUT2D eigenvalue weighted by molar-refractivity contribution is 7.99. The van der Waals surface area contributed by atoms with Crippen molar-refractivity contribution in [2.75, 3.05) is 11.1 Å². The average molecular weight is 415 g/mol. The molecule has 0 fully saturated rings. The zero-order valence-electron chi connectivity index (χ0n) is 15.0. The number of aromatic nitrogens is 3. The number of amides is 1. The van der Waals surface area contributed by atoms with Crippen LogP contribution < -0.4 is 10.1 Å². The molecule has 0 aliphatic heterocycles. The highest BCUT2D eigenvalue weighted by Gasteiger charge is 2.14. The van der Waals surface area contributed by atoms with Gasteiger partial charge in [-0.1, -0.05) is 47.6 Å². The number of ether oxygens (including phenoxy) is 1. The highest BCUT2D eigenvalue weighted by atomic mass is 35.5. The van der Waals surface area contributed by atoms with Crippen LogP contribution in [0.4, 0.5) is 5.69 Å². The van der Waals surface area contributed by atoms with E-state index in [2.05, 4.69) is 22.1 Å². The first-order valence-corrected chi connectivity index (χ1v) is 9.91. The standard InChI is InChI=1S/C20H19ClN4O2S/c1-2-12-25-18(13-27-17-10-8-15(21)9-11-17)23-24-20(25)28-14-19(26)22-16-6-4-3-5-7-16/h2-11H,1,12-14H2,(H,22,26). The Hall–Kier alpha value is -2.77. The second-order valence-corrected chi connectivity index (χ2v) is 7.12. The Balaban J connectivity index is 1.60. The molecule has 1 amide bonds. The molecule has 3 rings (SSSR count). The van der Waals surface area contributed by atoms with Crippen LogP contribution in [0.15, 0.2) is 72.4 Å². The topological polar surface area (TPSA) is 69.0 Å². The van der Waals surface area contributed by atoms with E-state index in [1.807, 2.05) is 34.9 Å². The number of anilines is 1. The van der Waals surface area contributed by atoms with Gasteiger partial charge in [0.2, 0.25) is 5.91 Å². The normalized spacial score (nSPS) is 10.5. The summed E-state index contributed by atoms with van der Waals surface area (Å²) in [5, 5.41) is 12.5. The van der Waals surface area contributed by atoms with Crippen molar-refractivity contribution in [3.8, 4) is 5.75 Å². The number of thioether (sulfide) groups is 1. The predicted octanol–water partition coefficient (Wildman–Crippen LogP) is 4.43. The maximum atomic E-state index is 12.2. The quantitative estimate of drug-likeness (QED) is 0.414. The average Bonchev–Trinajstić information content (AvgIpc) is 3.09. The van der Waals surface area contributed by atoms with Crippen molar-refractivity contribution in [2.24, 2.45) is 0 Å². The molecule has 0 aliphatic carbocycles. The molecule has 0 saturated carbocycles. The number of allylic oxidation sites excluding steroid dienone is 1. The zero-order valence-corrected chi connectivity index (χ0v) is 16.6. The zero-order chi connectivity index (χ0) is 19.8. The number of rotatable bonds is 9. The van der Waals surface area contributed by atoms with E-state index in [1.54, 1.807) is 30.3 Å². The molecule has 1 N–H and O–H groups in total. The van der Waals surface area contributed by atoms with E-state index in [0.29, 0.717) is 28.3 Å². The summed E-state index contributed by atoms with van der Waals surface area (Å²) in [6.07, 6.45) is 1.75. The molecule has 1 aromatic heterocycles. The number of hydrogen-bond donors (Lipinski definition) is 1. The number of benzene rings is 2. The number of carbonyl (C=O) groups is 1. The Morgan fingerprint density at radius 2 is 1.93 bits per heavy atom. The van der Waals surface area contributed by atoms with E-state index in [9.17, 15) is 4.79 Å². The van der Waals surface area contributed by atoms with Crippen LogP contribution in [0, 0.1) is 0 Å². The van der Waals surface area contributed by atoms with Gasteiger partial charge in [0.1, 0.15) is 12.4 Å². The molecule has 144 valence electrons. The van der Waals surface area contributed by atoms with Gasteiger partial charge in [-0.2, -0.15) is 0 Å². The maximum absolute atomic E-state index is 12.2. The Morgan fingerprint density at radius 3 is 2.64 bits per heavy atom. The van der Waals surface area contributed by atoms with Crippen molar-refractivity contribution in [3.05, 3.63) is 78.1 Å². The molecule has 8 heteroatoms. The fourth-order valence-corrected chi connectivity index (χ4v) is 3.27. The van der Waals surface area contributed by atoms with Crippen LogP contribution in [0.1, 0.15) is 5.82 Å². The van der Waals surface area contributed by atoms with Gasteiger partial charge in [-0.3, -0.25) is 9.36 Å². The summed E-state index contributed by atoms with van der Waals surface area (Å²) in [4.78, 5) is 12.2. The lowest BCUT2D eigenvalue weighted by molar-refractivity contribution is -0.113. The lowest BCUT2D eigenvalue weighted by Crippen LogP contribution is -2.14. The number of nitrogens with one attached hydrogen (secondary N) is 1. The van der Waals surface area contributed by atoms with E-state index in [4.69, 9.17) is 16.3 Å². The second kappa shape index (κ2) is 9.96. The van der Waals surface area contributed by atoms with Gasteiger partial charge >= 0.3 is 0 Å². The van der Waals surface area contributed by atoms with Gasteiger partial charge in [0, 0.05) is 17.3 Å². The van der Waals surface area contributed by atoms with Crippen molar-refractivity contribution in [1.82, 2.24) is 14.8 Å². The summed E-state index contributed by atoms with van der Waals surface area (Å²) in [7, 11) is 0. The number of hydrogen-bond acceptors (Lipinski definition) is 5. The molecule has 0 bridgehead atoms. The van der Waals surface area contributed by atoms with Crippen LogP contribution in [0.25, 0.3) is 0 Å². The summed E-state index contributed by atoms with van der Waals surface area (Å²) >= 11 is 7.20. The number of nitrogens with zero attached hydrogens (tertiary/aromatic N) is 3. The molecule has 0 saturated heterocycles. The van der Waals surface area contributed by atoms with Gasteiger partial charge < -0.3 is 10.1 Å². The summed E-state index contributed by atoms with van der Waals surface area (Å²) in [6, 6.07) is 16.4. The molecular weight excluding hydrogens is 396 g/mol. The fraction of sp³-hybridized carbons (Fsp3) is 0.150. The van der Waals surface area contributed by atoms with Crippen molar-refractivity contribution in [2.45, 2.75) is 18.3 Å². The molecule has 3 aromatic rings. The molecule has 28 heavy (non-hydrogen) atoms. The first kappa shape index (κ1) is 20.0. The van der Waals surface area contributed by atoms with Crippen molar-refractivity contribution in [1.29, 1.82) is 0 Å². The summed E-state index contributed by atoms with van der Waals surface area (Å²) in [6.45, 7) is 4.55. The molecule has 0 unspecified atom stereocenters. The molecule has 1 heterocycles. The largest absolute Gasteiger partial charge is 0.486 e. The predicted molar refractivity (Wildman–Crippen MR) is 112 cm³/mol. The fourth-order valence-electron chi connectivity index (χ4n) is 2.37. The van der Waals surface area contributed by atoms with Gasteiger partial charge in [-0.25, -0.2) is 0 Å². The minimum Gasteiger partial charge on any atom is -0.486 e. The van der Waals surface area contributed by atoms with E-state index in [1.165, 1.54) is 11.8 Å². The van der Waals surface area contributed by atoms with E-state index in [-0.39, 0.29) is 18.3 Å². The van der Waals surface area contributed by atoms with Gasteiger partial charge in [-0.15, -0.1) is 16.8 Å². The Bertz CT molecular complexity index is 929. The van der Waals surface area contributed by atoms with E-state index in [0.717, 1.165) is 5.69 Å². The third-order valence-electron chi connectivity index (χ3n) is 3.68. The smallest absolute Gasteiger partial charge is 0.234 e. The molecular formula is C20H19ClN4O2S. The molecule has 2 aromatic carbocycles. The van der Waals surface area contributed by atoms with Crippen LogP contribution >= 0.6 is 23.4 Å². The Morgan fingerprint density at radius 1 is 1.18 bits per heavy atom. The van der Waals surface area contributed by atoms with Crippen molar-refractivity contribution in [3.63, 3.8) is 0 Å². The third-order valence-corrected chi connectivity index (χ3v) is 4.90. The van der Waals surface area contributed by atoms with Crippen molar-refractivity contribution >= 4 is 35.0 Å². The summed E-state index contributed by atoms with van der Waals surface area (Å²) < 4.78 is 7.63. The highest BCUT2D eigenvalue weighted by Crippen LogP contribution is 2.20. The van der Waals surface area contributed by atoms with Crippen molar-refractivity contribution < 1.29 is 9.53 Å². The van der Waals surface area contributed by atoms with Crippen LogP contribution in [-0.2, 0) is 17.9 Å². The number of halogens is 1. The molecule has 0 atom stereocenters. The third kappa shape index (κ3) is 5.61. The maximum Gasteiger partial charge on any atom is 0.234 e. The Labute approximate surface area is 172 Å². The lowest BCUT2D eigenvalue weighted by atomic mass is 10.3. The molecule has 0 radical (unpaired) electrons. The molecule has 0 spiro atoms. The monoisotopic (exact) mass is 414 g/mol. The lowest BCUT2D eigenvalue weighted by Gasteiger charge is -2.09. The molecule has 6 nitrogen and oxygen atoms in total. The van der Waals surface area contributed by atoms with Crippen LogP contribution in [0.2, 0.25) is 5.02 Å². The van der Waals surface area contributed by atoms with Gasteiger partial charge in [0.05, 0.1) is 5.75 Å². The van der Waals surface area contributed by atoms with Crippen LogP contribution in [0.3, 0.4) is 0 Å². The molecule has 0 aliphatic rings. The van der Waals surface area contributed by atoms with Gasteiger partial charge in [0.15, 0.2) is 11.0 Å². The number of carbonyl (C=O) groups excluding carboxylic acids is 1. The second-order valence-electron chi connectivity index (χ2n) is 5.74. The van der Waals surface area contributed by atoms with Crippen LogP contribution in [-0.4, -0.2) is 26.4 Å². The van der Waals surface area contributed by atoms with Crippen LogP contribution in [0.5, 0.6) is 5.75 Å². The minimum absolute atomic E-state index is 0.108. The number of para-hydroxylation sites is 1. The van der Waals surface area contributed by atoms with E-state index < -0.39 is 0 Å². The SMILES string of the molecule is C=CCn1c(COc2ccc(Cl)cc2)nnc1SCC(=O)Nc1ccccc1. The van der Waals surface area contributed by atoms with E-state index >= 15 is 0 Å². The Kier molecular flexibility index (Phi) is 7.11. The summed E-state index contributed by atoms with van der Waals surface area (Å²) in [5.41, 5.74) is 0.762. The minimum atomic E-state index is -0.108. The summed E-state index contributed by atoms with van der Waals surface area (Å²) in [5.74, 6) is 1.46.